The topological polar surface area (TPSA) is 37.8 Å². The maximum absolute atomic E-state index is 12.8. The Bertz CT molecular complexity index is 375. The number of alkyl halides is 3. The Morgan fingerprint density at radius 1 is 1.35 bits per heavy atom. The molecule has 0 bridgehead atoms. The Balaban J connectivity index is 3.03. The van der Waals surface area contributed by atoms with E-state index in [1.807, 2.05) is 13.8 Å². The molecule has 0 aliphatic rings. The van der Waals surface area contributed by atoms with Gasteiger partial charge in [0.05, 0.1) is 0 Å². The lowest BCUT2D eigenvalue weighted by Gasteiger charge is -2.14. The first-order chi connectivity index (χ1) is 7.84. The third-order valence-corrected chi connectivity index (χ3v) is 2.20. The first-order valence-electron chi connectivity index (χ1n) is 5.50. The van der Waals surface area contributed by atoms with Crippen molar-refractivity contribution in [3.05, 3.63) is 23.3 Å². The van der Waals surface area contributed by atoms with Gasteiger partial charge in [0.2, 0.25) is 0 Å². The Morgan fingerprint density at radius 3 is 2.47 bits per heavy atom. The predicted octanol–water partition coefficient (Wildman–Crippen LogP) is 2.56. The van der Waals surface area contributed by atoms with E-state index in [1.165, 1.54) is 6.20 Å². The van der Waals surface area contributed by atoms with Crippen molar-refractivity contribution in [3.63, 3.8) is 0 Å². The van der Waals surface area contributed by atoms with Gasteiger partial charge in [0.25, 0.3) is 0 Å². The van der Waals surface area contributed by atoms with E-state index < -0.39 is 11.9 Å². The van der Waals surface area contributed by atoms with Gasteiger partial charge in [-0.05, 0) is 0 Å². The standard InChI is InChI=1S/C11H16F3N3/c1-4-9-16-6-8(5-15-7(2)3)10(17-9)11(12,13)14/h6-7,15H,4-5H2,1-3H3. The maximum atomic E-state index is 12.8. The lowest BCUT2D eigenvalue weighted by atomic mass is 10.2. The molecule has 17 heavy (non-hydrogen) atoms. The number of nitrogens with zero attached hydrogens (tertiary/aromatic N) is 2. The largest absolute Gasteiger partial charge is 0.433 e. The summed E-state index contributed by atoms with van der Waals surface area (Å²) in [4.78, 5) is 7.46. The number of hydrogen-bond acceptors (Lipinski definition) is 3. The molecule has 0 fully saturated rings. The summed E-state index contributed by atoms with van der Waals surface area (Å²) in [7, 11) is 0. The number of nitrogens with one attached hydrogen (secondary N) is 1. The zero-order chi connectivity index (χ0) is 13.1. The van der Waals surface area contributed by atoms with Crippen LogP contribution in [0, 0.1) is 0 Å². The molecule has 0 radical (unpaired) electrons. The van der Waals surface area contributed by atoms with Crippen LogP contribution in [-0.2, 0) is 19.1 Å². The smallest absolute Gasteiger partial charge is 0.310 e. The van der Waals surface area contributed by atoms with Crippen LogP contribution in [0.5, 0.6) is 0 Å². The summed E-state index contributed by atoms with van der Waals surface area (Å²) in [5.74, 6) is 0.214. The molecule has 1 N–H and O–H groups in total. The van der Waals surface area contributed by atoms with Crippen molar-refractivity contribution in [3.8, 4) is 0 Å². The lowest BCUT2D eigenvalue weighted by molar-refractivity contribution is -0.142. The van der Waals surface area contributed by atoms with Gasteiger partial charge < -0.3 is 5.32 Å². The number of aromatic nitrogens is 2. The van der Waals surface area contributed by atoms with Crippen molar-refractivity contribution >= 4 is 0 Å². The van der Waals surface area contributed by atoms with Crippen LogP contribution < -0.4 is 5.32 Å². The summed E-state index contributed by atoms with van der Waals surface area (Å²) in [6.45, 7) is 5.58. The number of hydrogen-bond donors (Lipinski definition) is 1. The monoisotopic (exact) mass is 247 g/mol. The van der Waals surface area contributed by atoms with Crippen molar-refractivity contribution in [2.75, 3.05) is 0 Å². The minimum Gasteiger partial charge on any atom is -0.310 e. The van der Waals surface area contributed by atoms with Crippen molar-refractivity contribution in [1.82, 2.24) is 15.3 Å². The van der Waals surface area contributed by atoms with E-state index in [2.05, 4.69) is 15.3 Å². The highest BCUT2D eigenvalue weighted by molar-refractivity contribution is 5.20. The van der Waals surface area contributed by atoms with E-state index in [1.54, 1.807) is 6.92 Å². The average molecular weight is 247 g/mol. The summed E-state index contributed by atoms with van der Waals surface area (Å²) in [6.07, 6.45) is -2.79. The van der Waals surface area contributed by atoms with Gasteiger partial charge in [-0.15, -0.1) is 0 Å². The number of aryl methyl sites for hydroxylation is 1. The predicted molar refractivity (Wildman–Crippen MR) is 58.4 cm³/mol. The van der Waals surface area contributed by atoms with Crippen molar-refractivity contribution in [2.45, 2.75) is 46.0 Å². The number of halogens is 3. The van der Waals surface area contributed by atoms with E-state index in [9.17, 15) is 13.2 Å². The summed E-state index contributed by atoms with van der Waals surface area (Å²) >= 11 is 0. The molecule has 0 aliphatic heterocycles. The molecule has 0 unspecified atom stereocenters. The Hall–Kier alpha value is -1.17. The molecule has 0 saturated carbocycles. The van der Waals surface area contributed by atoms with Crippen LogP contribution in [-0.4, -0.2) is 16.0 Å². The average Bonchev–Trinajstić information content (AvgIpc) is 2.24. The lowest BCUT2D eigenvalue weighted by Crippen LogP contribution is -2.25. The summed E-state index contributed by atoms with van der Waals surface area (Å²) in [6, 6.07) is 0.113. The molecule has 1 aromatic rings. The zero-order valence-corrected chi connectivity index (χ0v) is 10.1. The first-order valence-corrected chi connectivity index (χ1v) is 5.50. The highest BCUT2D eigenvalue weighted by Crippen LogP contribution is 2.30. The van der Waals surface area contributed by atoms with E-state index in [0.717, 1.165) is 0 Å². The summed E-state index contributed by atoms with van der Waals surface area (Å²) in [5.41, 5.74) is -0.749. The SMILES string of the molecule is CCc1ncc(CNC(C)C)c(C(F)(F)F)n1. The number of rotatable bonds is 4. The van der Waals surface area contributed by atoms with Gasteiger partial charge in [0, 0.05) is 30.8 Å². The van der Waals surface area contributed by atoms with Crippen LogP contribution in [0.3, 0.4) is 0 Å². The molecule has 1 aromatic heterocycles. The summed E-state index contributed by atoms with van der Waals surface area (Å²) < 4.78 is 38.3. The molecule has 1 rings (SSSR count). The van der Waals surface area contributed by atoms with E-state index >= 15 is 0 Å². The van der Waals surface area contributed by atoms with Crippen molar-refractivity contribution < 1.29 is 13.2 Å². The van der Waals surface area contributed by atoms with Gasteiger partial charge in [0.15, 0.2) is 5.69 Å². The molecule has 96 valence electrons. The fourth-order valence-corrected chi connectivity index (χ4v) is 1.30. The molecule has 0 spiro atoms. The molecular formula is C11H16F3N3. The third kappa shape index (κ3) is 3.96. The van der Waals surface area contributed by atoms with Crippen molar-refractivity contribution in [2.24, 2.45) is 0 Å². The third-order valence-electron chi connectivity index (χ3n) is 2.20. The summed E-state index contributed by atoms with van der Waals surface area (Å²) in [5, 5.41) is 2.93. The first kappa shape index (κ1) is 13.9. The van der Waals surface area contributed by atoms with Gasteiger partial charge >= 0.3 is 6.18 Å². The van der Waals surface area contributed by atoms with Gasteiger partial charge in [-0.3, -0.25) is 0 Å². The van der Waals surface area contributed by atoms with E-state index in [-0.39, 0.29) is 24.0 Å². The Labute approximate surface area is 98.5 Å². The Kier molecular flexibility index (Phi) is 4.45. The highest BCUT2D eigenvalue weighted by atomic mass is 19.4. The molecule has 3 nitrogen and oxygen atoms in total. The Morgan fingerprint density at radius 2 is 2.00 bits per heavy atom. The highest BCUT2D eigenvalue weighted by Gasteiger charge is 2.35. The quantitative estimate of drug-likeness (QED) is 0.888. The molecular weight excluding hydrogens is 231 g/mol. The minimum absolute atomic E-state index is 0.0865. The molecule has 0 atom stereocenters. The van der Waals surface area contributed by atoms with Crippen LogP contribution in [0.2, 0.25) is 0 Å². The molecule has 0 aromatic carbocycles. The van der Waals surface area contributed by atoms with Crippen LogP contribution in [0.1, 0.15) is 37.9 Å². The fraction of sp³-hybridized carbons (Fsp3) is 0.636. The van der Waals surface area contributed by atoms with E-state index in [0.29, 0.717) is 6.42 Å². The van der Waals surface area contributed by atoms with Crippen LogP contribution >= 0.6 is 0 Å². The maximum Gasteiger partial charge on any atom is 0.433 e. The molecule has 0 aliphatic carbocycles. The van der Waals surface area contributed by atoms with Crippen LogP contribution in [0.15, 0.2) is 6.20 Å². The van der Waals surface area contributed by atoms with Gasteiger partial charge in [-0.1, -0.05) is 20.8 Å². The van der Waals surface area contributed by atoms with Gasteiger partial charge in [-0.2, -0.15) is 13.2 Å². The van der Waals surface area contributed by atoms with E-state index in [4.69, 9.17) is 0 Å². The molecule has 0 amide bonds. The second-order valence-electron chi connectivity index (χ2n) is 4.05. The van der Waals surface area contributed by atoms with Gasteiger partial charge in [-0.25, -0.2) is 9.97 Å². The second-order valence-corrected chi connectivity index (χ2v) is 4.05. The molecule has 1 heterocycles. The zero-order valence-electron chi connectivity index (χ0n) is 10.1. The normalized spacial score (nSPS) is 12.2. The van der Waals surface area contributed by atoms with Crippen molar-refractivity contribution in [1.29, 1.82) is 0 Å². The second kappa shape index (κ2) is 5.44. The minimum atomic E-state index is -4.43. The molecule has 0 saturated heterocycles. The van der Waals surface area contributed by atoms with Gasteiger partial charge in [0.1, 0.15) is 5.82 Å². The van der Waals surface area contributed by atoms with Crippen LogP contribution in [0.25, 0.3) is 0 Å². The fourth-order valence-electron chi connectivity index (χ4n) is 1.30. The molecule has 6 heteroatoms. The van der Waals surface area contributed by atoms with Crippen LogP contribution in [0.4, 0.5) is 13.2 Å².